The van der Waals surface area contributed by atoms with Gasteiger partial charge in [-0.3, -0.25) is 4.99 Å². The van der Waals surface area contributed by atoms with Crippen LogP contribution < -0.4 is 0 Å². The zero-order valence-electron chi connectivity index (χ0n) is 6.27. The fourth-order valence-electron chi connectivity index (χ4n) is 1.27. The Balaban J connectivity index is 2.17. The quantitative estimate of drug-likeness (QED) is 0.595. The fraction of sp³-hybridized carbons (Fsp3) is 0.444. The summed E-state index contributed by atoms with van der Waals surface area (Å²) >= 11 is 0. The Kier molecular flexibility index (Phi) is 1.62. The van der Waals surface area contributed by atoms with Crippen LogP contribution in [0.25, 0.3) is 0 Å². The third-order valence-corrected chi connectivity index (χ3v) is 2.13. The Labute approximate surface area is 66.0 Å². The molecule has 0 bridgehead atoms. The van der Waals surface area contributed by atoms with E-state index in [9.17, 15) is 0 Å². The van der Waals surface area contributed by atoms with Gasteiger partial charge in [-0.25, -0.2) is 0 Å². The summed E-state index contributed by atoms with van der Waals surface area (Å²) in [5.74, 6) is 1.36. The van der Waals surface area contributed by atoms with E-state index in [4.69, 9.17) is 5.11 Å². The molecule has 2 atom stereocenters. The second kappa shape index (κ2) is 2.62. The molecule has 0 aromatic rings. The van der Waals surface area contributed by atoms with E-state index in [2.05, 4.69) is 11.1 Å². The van der Waals surface area contributed by atoms with Crippen molar-refractivity contribution in [1.29, 1.82) is 0 Å². The van der Waals surface area contributed by atoms with E-state index in [1.165, 1.54) is 6.42 Å². The predicted octanol–water partition coefficient (Wildman–Crippen LogP) is 1.14. The van der Waals surface area contributed by atoms with Crippen molar-refractivity contribution >= 4 is 6.21 Å². The van der Waals surface area contributed by atoms with Crippen molar-refractivity contribution in [2.45, 2.75) is 6.42 Å². The molecule has 1 heterocycles. The molecule has 0 saturated heterocycles. The molecule has 0 aromatic heterocycles. The SMILES string of the molecule is OCC1=C/C=C\C2CC2C=N1. The Morgan fingerprint density at radius 3 is 3.27 bits per heavy atom. The number of allylic oxidation sites excluding steroid dienone is 3. The van der Waals surface area contributed by atoms with Gasteiger partial charge in [-0.1, -0.05) is 12.2 Å². The highest BCUT2D eigenvalue weighted by atomic mass is 16.3. The summed E-state index contributed by atoms with van der Waals surface area (Å²) in [6.45, 7) is 0.0399. The van der Waals surface area contributed by atoms with Crippen LogP contribution >= 0.6 is 0 Å². The minimum atomic E-state index is 0.0399. The first-order valence-electron chi connectivity index (χ1n) is 3.92. The monoisotopic (exact) mass is 149 g/mol. The highest BCUT2D eigenvalue weighted by Crippen LogP contribution is 2.38. The molecule has 58 valence electrons. The van der Waals surface area contributed by atoms with E-state index in [0.29, 0.717) is 5.92 Å². The van der Waals surface area contributed by atoms with Crippen LogP contribution in [-0.4, -0.2) is 17.9 Å². The van der Waals surface area contributed by atoms with E-state index in [1.54, 1.807) is 0 Å². The number of hydrogen-bond donors (Lipinski definition) is 1. The molecule has 0 radical (unpaired) electrons. The van der Waals surface area contributed by atoms with E-state index >= 15 is 0 Å². The molecule has 2 aliphatic rings. The van der Waals surface area contributed by atoms with Crippen molar-refractivity contribution in [3.8, 4) is 0 Å². The number of rotatable bonds is 1. The molecule has 0 amide bonds. The van der Waals surface area contributed by atoms with Gasteiger partial charge < -0.3 is 5.11 Å². The van der Waals surface area contributed by atoms with Crippen LogP contribution in [0.1, 0.15) is 6.42 Å². The lowest BCUT2D eigenvalue weighted by molar-refractivity contribution is 0.330. The molecule has 2 rings (SSSR count). The topological polar surface area (TPSA) is 32.6 Å². The Morgan fingerprint density at radius 2 is 2.45 bits per heavy atom. The van der Waals surface area contributed by atoms with Crippen LogP contribution in [0.2, 0.25) is 0 Å². The molecule has 2 nitrogen and oxygen atoms in total. The molecule has 1 aliphatic heterocycles. The summed E-state index contributed by atoms with van der Waals surface area (Å²) in [6.07, 6.45) is 9.23. The van der Waals surface area contributed by atoms with Gasteiger partial charge in [0.2, 0.25) is 0 Å². The zero-order chi connectivity index (χ0) is 7.68. The van der Waals surface area contributed by atoms with Gasteiger partial charge in [0.15, 0.2) is 0 Å². The Morgan fingerprint density at radius 1 is 1.55 bits per heavy atom. The van der Waals surface area contributed by atoms with Gasteiger partial charge in [-0.2, -0.15) is 0 Å². The van der Waals surface area contributed by atoms with Gasteiger partial charge in [-0.05, 0) is 18.4 Å². The van der Waals surface area contributed by atoms with E-state index < -0.39 is 0 Å². The van der Waals surface area contributed by atoms with E-state index in [-0.39, 0.29) is 6.61 Å². The Hall–Kier alpha value is -0.890. The maximum absolute atomic E-state index is 8.79. The van der Waals surface area contributed by atoms with Crippen molar-refractivity contribution in [1.82, 2.24) is 0 Å². The van der Waals surface area contributed by atoms with Gasteiger partial charge in [0.05, 0.1) is 12.3 Å². The van der Waals surface area contributed by atoms with Crippen LogP contribution in [0.4, 0.5) is 0 Å². The third kappa shape index (κ3) is 1.40. The number of aliphatic imine (C=N–C) groups is 1. The zero-order valence-corrected chi connectivity index (χ0v) is 6.27. The van der Waals surface area contributed by atoms with Crippen LogP contribution in [-0.2, 0) is 0 Å². The predicted molar refractivity (Wildman–Crippen MR) is 44.4 cm³/mol. The first-order valence-corrected chi connectivity index (χ1v) is 3.92. The van der Waals surface area contributed by atoms with E-state index in [1.807, 2.05) is 18.4 Å². The van der Waals surface area contributed by atoms with Gasteiger partial charge in [0.1, 0.15) is 0 Å². The van der Waals surface area contributed by atoms with Crippen LogP contribution in [0.15, 0.2) is 28.9 Å². The molecule has 1 fully saturated rings. The molecule has 1 N–H and O–H groups in total. The smallest absolute Gasteiger partial charge is 0.0852 e. The maximum Gasteiger partial charge on any atom is 0.0852 e. The van der Waals surface area contributed by atoms with Gasteiger partial charge >= 0.3 is 0 Å². The summed E-state index contributed by atoms with van der Waals surface area (Å²) < 4.78 is 0. The van der Waals surface area contributed by atoms with Gasteiger partial charge in [0, 0.05) is 12.1 Å². The van der Waals surface area contributed by atoms with Crippen molar-refractivity contribution in [3.05, 3.63) is 23.9 Å². The number of nitrogens with zero attached hydrogens (tertiary/aromatic N) is 1. The maximum atomic E-state index is 8.79. The molecule has 0 spiro atoms. The normalized spacial score (nSPS) is 36.6. The average Bonchev–Trinajstić information content (AvgIpc) is 2.68. The second-order valence-corrected chi connectivity index (χ2v) is 3.04. The number of aliphatic hydroxyl groups excluding tert-OH is 1. The van der Waals surface area contributed by atoms with Gasteiger partial charge in [0.25, 0.3) is 0 Å². The highest BCUT2D eigenvalue weighted by Gasteiger charge is 2.33. The minimum Gasteiger partial charge on any atom is -0.390 e. The molecule has 11 heavy (non-hydrogen) atoms. The van der Waals surface area contributed by atoms with Crippen LogP contribution in [0.3, 0.4) is 0 Å². The summed E-state index contributed by atoms with van der Waals surface area (Å²) in [5, 5.41) is 8.79. The second-order valence-electron chi connectivity index (χ2n) is 3.04. The number of hydrogen-bond acceptors (Lipinski definition) is 2. The van der Waals surface area contributed by atoms with Crippen molar-refractivity contribution in [2.75, 3.05) is 6.61 Å². The Bertz CT molecular complexity index is 240. The molecule has 2 heteroatoms. The average molecular weight is 149 g/mol. The summed E-state index contributed by atoms with van der Waals surface area (Å²) in [6, 6.07) is 0. The molecular formula is C9H11NO. The number of aliphatic hydroxyl groups is 1. The first-order chi connectivity index (χ1) is 5.40. The molecule has 1 aliphatic carbocycles. The largest absolute Gasteiger partial charge is 0.390 e. The number of fused-ring (bicyclic) bond motifs is 1. The molecular weight excluding hydrogens is 138 g/mol. The fourth-order valence-corrected chi connectivity index (χ4v) is 1.27. The van der Waals surface area contributed by atoms with Gasteiger partial charge in [-0.15, -0.1) is 0 Å². The third-order valence-electron chi connectivity index (χ3n) is 2.13. The lowest BCUT2D eigenvalue weighted by atomic mass is 10.2. The van der Waals surface area contributed by atoms with Crippen molar-refractivity contribution in [2.24, 2.45) is 16.8 Å². The lowest BCUT2D eigenvalue weighted by Gasteiger charge is -1.95. The van der Waals surface area contributed by atoms with E-state index in [0.717, 1.165) is 11.6 Å². The lowest BCUT2D eigenvalue weighted by Crippen LogP contribution is -1.90. The molecule has 1 saturated carbocycles. The standard InChI is InChI=1S/C9H11NO/c11-6-9-3-1-2-7-4-8(7)5-10-9/h1-3,5,7-8,11H,4,6H2/b2-1-,9-3?,10-5?. The summed E-state index contributed by atoms with van der Waals surface area (Å²) in [5.41, 5.74) is 0.756. The highest BCUT2D eigenvalue weighted by molar-refractivity contribution is 5.67. The van der Waals surface area contributed by atoms with Crippen molar-refractivity contribution < 1.29 is 5.11 Å². The molecule has 0 aromatic carbocycles. The summed E-state index contributed by atoms with van der Waals surface area (Å²) in [7, 11) is 0. The molecule has 2 unspecified atom stereocenters. The van der Waals surface area contributed by atoms with Crippen LogP contribution in [0, 0.1) is 11.8 Å². The first kappa shape index (κ1) is 6.80. The minimum absolute atomic E-state index is 0.0399. The summed E-state index contributed by atoms with van der Waals surface area (Å²) in [4.78, 5) is 4.16. The van der Waals surface area contributed by atoms with Crippen molar-refractivity contribution in [3.63, 3.8) is 0 Å². The van der Waals surface area contributed by atoms with Crippen LogP contribution in [0.5, 0.6) is 0 Å².